The molecule has 0 aromatic carbocycles. The van der Waals surface area contributed by atoms with Crippen molar-refractivity contribution in [2.75, 3.05) is 26.2 Å². The Labute approximate surface area is 144 Å². The van der Waals surface area contributed by atoms with Crippen molar-refractivity contribution in [2.24, 2.45) is 5.92 Å². The van der Waals surface area contributed by atoms with Crippen molar-refractivity contribution in [3.8, 4) is 0 Å². The third-order valence-electron chi connectivity index (χ3n) is 5.32. The maximum atomic E-state index is 12.6. The van der Waals surface area contributed by atoms with Crippen LogP contribution in [-0.2, 0) is 11.2 Å². The van der Waals surface area contributed by atoms with Crippen LogP contribution in [-0.4, -0.2) is 54.2 Å². The van der Waals surface area contributed by atoms with Gasteiger partial charge in [0.05, 0.1) is 6.10 Å². The van der Waals surface area contributed by atoms with Crippen LogP contribution in [0.1, 0.15) is 49.0 Å². The standard InChI is InChI=1S/C19H29N3O2/c1-3-15-11-20-8-6-17(15)19(23)21-18-7-9-22(12-14(18)2)13-16-5-4-10-24-16/h6,8,11,14,16,18H,3-5,7,9-10,12-13H2,1-2H3,(H,21,23). The topological polar surface area (TPSA) is 54.5 Å². The number of rotatable bonds is 5. The second kappa shape index (κ2) is 8.08. The molecule has 132 valence electrons. The van der Waals surface area contributed by atoms with Gasteiger partial charge in [-0.25, -0.2) is 0 Å². The fraction of sp³-hybridized carbons (Fsp3) is 0.684. The molecule has 3 atom stereocenters. The highest BCUT2D eigenvalue weighted by molar-refractivity contribution is 5.95. The largest absolute Gasteiger partial charge is 0.377 e. The number of carbonyl (C=O) groups excluding carboxylic acids is 1. The van der Waals surface area contributed by atoms with Gasteiger partial charge < -0.3 is 15.0 Å². The van der Waals surface area contributed by atoms with Gasteiger partial charge in [-0.15, -0.1) is 0 Å². The summed E-state index contributed by atoms with van der Waals surface area (Å²) in [6.07, 6.45) is 8.11. The monoisotopic (exact) mass is 331 g/mol. The summed E-state index contributed by atoms with van der Waals surface area (Å²) in [6.45, 7) is 8.31. The molecule has 0 spiro atoms. The molecule has 3 heterocycles. The van der Waals surface area contributed by atoms with Crippen molar-refractivity contribution < 1.29 is 9.53 Å². The zero-order valence-corrected chi connectivity index (χ0v) is 14.8. The fourth-order valence-corrected chi connectivity index (χ4v) is 3.87. The summed E-state index contributed by atoms with van der Waals surface area (Å²) < 4.78 is 5.75. The lowest BCUT2D eigenvalue weighted by molar-refractivity contribution is 0.0498. The molecule has 24 heavy (non-hydrogen) atoms. The van der Waals surface area contributed by atoms with Crippen molar-refractivity contribution in [3.63, 3.8) is 0 Å². The number of aryl methyl sites for hydroxylation is 1. The quantitative estimate of drug-likeness (QED) is 0.899. The first-order chi connectivity index (χ1) is 11.7. The van der Waals surface area contributed by atoms with E-state index >= 15 is 0 Å². The van der Waals surface area contributed by atoms with Gasteiger partial charge >= 0.3 is 0 Å². The van der Waals surface area contributed by atoms with E-state index in [1.165, 1.54) is 12.8 Å². The third kappa shape index (κ3) is 4.14. The molecular weight excluding hydrogens is 302 g/mol. The van der Waals surface area contributed by atoms with Crippen LogP contribution in [0.2, 0.25) is 0 Å². The molecule has 2 saturated heterocycles. The average molecular weight is 331 g/mol. The Bertz CT molecular complexity index is 557. The van der Waals surface area contributed by atoms with Gasteiger partial charge in [-0.1, -0.05) is 13.8 Å². The zero-order chi connectivity index (χ0) is 16.9. The lowest BCUT2D eigenvalue weighted by atomic mass is 9.93. The molecule has 3 unspecified atom stereocenters. The highest BCUT2D eigenvalue weighted by Crippen LogP contribution is 2.21. The molecule has 1 aromatic heterocycles. The van der Waals surface area contributed by atoms with Crippen LogP contribution in [0, 0.1) is 5.92 Å². The number of piperidine rings is 1. The number of carbonyl (C=O) groups is 1. The normalized spacial score (nSPS) is 28.0. The number of aromatic nitrogens is 1. The Morgan fingerprint density at radius 3 is 3.04 bits per heavy atom. The number of nitrogens with one attached hydrogen (secondary N) is 1. The van der Waals surface area contributed by atoms with Crippen LogP contribution in [0.5, 0.6) is 0 Å². The van der Waals surface area contributed by atoms with E-state index in [1.807, 2.05) is 6.07 Å². The van der Waals surface area contributed by atoms with Gasteiger partial charge in [0.15, 0.2) is 0 Å². The van der Waals surface area contributed by atoms with Crippen molar-refractivity contribution in [3.05, 3.63) is 29.6 Å². The summed E-state index contributed by atoms with van der Waals surface area (Å²) in [7, 11) is 0. The molecule has 5 heteroatoms. The smallest absolute Gasteiger partial charge is 0.251 e. The number of hydrogen-bond donors (Lipinski definition) is 1. The molecule has 5 nitrogen and oxygen atoms in total. The lowest BCUT2D eigenvalue weighted by Gasteiger charge is -2.38. The average Bonchev–Trinajstić information content (AvgIpc) is 3.10. The molecule has 2 aliphatic rings. The van der Waals surface area contributed by atoms with Crippen molar-refractivity contribution in [2.45, 2.75) is 51.7 Å². The molecule has 0 radical (unpaired) electrons. The number of pyridine rings is 1. The predicted molar refractivity (Wildman–Crippen MR) is 94.1 cm³/mol. The minimum absolute atomic E-state index is 0.0404. The highest BCUT2D eigenvalue weighted by Gasteiger charge is 2.29. The minimum Gasteiger partial charge on any atom is -0.377 e. The van der Waals surface area contributed by atoms with Gasteiger partial charge in [0.25, 0.3) is 5.91 Å². The Kier molecular flexibility index (Phi) is 5.85. The molecule has 0 saturated carbocycles. The molecule has 0 bridgehead atoms. The summed E-state index contributed by atoms with van der Waals surface area (Å²) in [5, 5.41) is 3.25. The fourth-order valence-electron chi connectivity index (χ4n) is 3.87. The SMILES string of the molecule is CCc1cnccc1C(=O)NC1CCN(CC2CCCO2)CC1C. The van der Waals surface area contributed by atoms with Crippen LogP contribution in [0.4, 0.5) is 0 Å². The summed E-state index contributed by atoms with van der Waals surface area (Å²) in [5.41, 5.74) is 1.78. The van der Waals surface area contributed by atoms with E-state index in [1.54, 1.807) is 12.4 Å². The highest BCUT2D eigenvalue weighted by atomic mass is 16.5. The van der Waals surface area contributed by atoms with Crippen molar-refractivity contribution >= 4 is 5.91 Å². The Hall–Kier alpha value is -1.46. The molecule has 3 rings (SSSR count). The van der Waals surface area contributed by atoms with Crippen molar-refractivity contribution in [1.82, 2.24) is 15.2 Å². The molecular formula is C19H29N3O2. The van der Waals surface area contributed by atoms with Gasteiger partial charge in [-0.3, -0.25) is 9.78 Å². The van der Waals surface area contributed by atoms with E-state index in [9.17, 15) is 4.79 Å². The maximum Gasteiger partial charge on any atom is 0.251 e. The van der Waals surface area contributed by atoms with Crippen LogP contribution >= 0.6 is 0 Å². The van der Waals surface area contributed by atoms with Gasteiger partial charge in [-0.2, -0.15) is 0 Å². The first-order valence-electron chi connectivity index (χ1n) is 9.25. The van der Waals surface area contributed by atoms with E-state index in [0.29, 0.717) is 12.0 Å². The van der Waals surface area contributed by atoms with E-state index in [-0.39, 0.29) is 11.9 Å². The van der Waals surface area contributed by atoms with E-state index in [2.05, 4.69) is 29.0 Å². The van der Waals surface area contributed by atoms with Gasteiger partial charge in [0.2, 0.25) is 0 Å². The summed E-state index contributed by atoms with van der Waals surface area (Å²) in [4.78, 5) is 19.2. The first-order valence-corrected chi connectivity index (χ1v) is 9.25. The summed E-state index contributed by atoms with van der Waals surface area (Å²) in [5.74, 6) is 0.495. The van der Waals surface area contributed by atoms with Gasteiger partial charge in [0, 0.05) is 50.2 Å². The Morgan fingerprint density at radius 1 is 1.46 bits per heavy atom. The predicted octanol–water partition coefficient (Wildman–Crippen LogP) is 2.26. The molecule has 2 fully saturated rings. The Morgan fingerprint density at radius 2 is 2.33 bits per heavy atom. The Balaban J connectivity index is 1.53. The number of likely N-dealkylation sites (tertiary alicyclic amines) is 1. The summed E-state index contributed by atoms with van der Waals surface area (Å²) >= 11 is 0. The molecule has 1 amide bonds. The van der Waals surface area contributed by atoms with Crippen LogP contribution in [0.25, 0.3) is 0 Å². The number of hydrogen-bond acceptors (Lipinski definition) is 4. The second-order valence-corrected chi connectivity index (χ2v) is 7.13. The second-order valence-electron chi connectivity index (χ2n) is 7.13. The van der Waals surface area contributed by atoms with E-state index < -0.39 is 0 Å². The van der Waals surface area contributed by atoms with E-state index in [0.717, 1.165) is 50.2 Å². The van der Waals surface area contributed by atoms with Gasteiger partial charge in [-0.05, 0) is 43.2 Å². The number of amides is 1. The third-order valence-corrected chi connectivity index (χ3v) is 5.32. The number of ether oxygens (including phenoxy) is 1. The van der Waals surface area contributed by atoms with Crippen molar-refractivity contribution in [1.29, 1.82) is 0 Å². The first kappa shape index (κ1) is 17.4. The number of nitrogens with zero attached hydrogens (tertiary/aromatic N) is 2. The van der Waals surface area contributed by atoms with Gasteiger partial charge in [0.1, 0.15) is 0 Å². The molecule has 0 aliphatic carbocycles. The molecule has 1 aromatic rings. The minimum atomic E-state index is 0.0404. The maximum absolute atomic E-state index is 12.6. The van der Waals surface area contributed by atoms with Crippen LogP contribution < -0.4 is 5.32 Å². The molecule has 2 aliphatic heterocycles. The van der Waals surface area contributed by atoms with Crippen LogP contribution in [0.3, 0.4) is 0 Å². The van der Waals surface area contributed by atoms with Crippen LogP contribution in [0.15, 0.2) is 18.5 Å². The zero-order valence-electron chi connectivity index (χ0n) is 14.8. The summed E-state index contributed by atoms with van der Waals surface area (Å²) in [6, 6.07) is 2.07. The molecule has 1 N–H and O–H groups in total. The lowest BCUT2D eigenvalue weighted by Crippen LogP contribution is -2.51. The van der Waals surface area contributed by atoms with E-state index in [4.69, 9.17) is 4.74 Å².